The standard InChI is InChI=1S/C28H34N2O5/c1-28(2,3)14-18(25(31)30-24(26(32)33)17-12-13-17)15-29-27(34)35-16-23-21-10-6-4-8-19(21)20-9-5-7-11-22(20)23/h4-11,17-18,23-24H,12-16H2,1-3H3,(H,29,34)(H,30,31)(H,32,33). The van der Waals surface area contributed by atoms with Gasteiger partial charge in [-0.05, 0) is 52.8 Å². The maximum Gasteiger partial charge on any atom is 0.407 e. The molecule has 7 heteroatoms. The number of hydrogen-bond donors (Lipinski definition) is 3. The number of rotatable bonds is 9. The minimum Gasteiger partial charge on any atom is -0.480 e. The molecule has 0 spiro atoms. The average Bonchev–Trinajstić information content (AvgIpc) is 3.60. The number of ether oxygens (including phenoxy) is 1. The third-order valence-corrected chi connectivity index (χ3v) is 6.72. The molecule has 0 bridgehead atoms. The lowest BCUT2D eigenvalue weighted by Crippen LogP contribution is -2.48. The molecule has 35 heavy (non-hydrogen) atoms. The summed E-state index contributed by atoms with van der Waals surface area (Å²) in [7, 11) is 0. The van der Waals surface area contributed by atoms with Gasteiger partial charge in [-0.15, -0.1) is 0 Å². The Morgan fingerprint density at radius 3 is 2.09 bits per heavy atom. The van der Waals surface area contributed by atoms with Gasteiger partial charge in [-0.3, -0.25) is 4.79 Å². The fraction of sp³-hybridized carbons (Fsp3) is 0.464. The molecule has 2 aromatic carbocycles. The first-order valence-electron chi connectivity index (χ1n) is 12.3. The van der Waals surface area contributed by atoms with Crippen LogP contribution in [0.2, 0.25) is 0 Å². The van der Waals surface area contributed by atoms with Crippen molar-refractivity contribution in [2.75, 3.05) is 13.2 Å². The molecule has 3 N–H and O–H groups in total. The van der Waals surface area contributed by atoms with Crippen molar-refractivity contribution in [1.29, 1.82) is 0 Å². The number of carbonyl (C=O) groups excluding carboxylic acids is 2. The number of alkyl carbamates (subject to hydrolysis) is 1. The van der Waals surface area contributed by atoms with Crippen molar-refractivity contribution in [2.45, 2.75) is 52.0 Å². The molecule has 2 aromatic rings. The molecule has 1 saturated carbocycles. The number of carboxylic acid groups (broad SMARTS) is 1. The average molecular weight is 479 g/mol. The molecule has 7 nitrogen and oxygen atoms in total. The highest BCUT2D eigenvalue weighted by Crippen LogP contribution is 2.44. The SMILES string of the molecule is CC(C)(C)CC(CNC(=O)OCC1c2ccccc2-c2ccccc21)C(=O)NC(C(=O)O)C1CC1. The Morgan fingerprint density at radius 1 is 1.00 bits per heavy atom. The maximum atomic E-state index is 13.0. The largest absolute Gasteiger partial charge is 0.480 e. The number of benzene rings is 2. The molecule has 0 aliphatic heterocycles. The second-order valence-corrected chi connectivity index (χ2v) is 10.8. The van der Waals surface area contributed by atoms with Gasteiger partial charge in [0.15, 0.2) is 0 Å². The predicted molar refractivity (Wildman–Crippen MR) is 133 cm³/mol. The topological polar surface area (TPSA) is 105 Å². The van der Waals surface area contributed by atoms with Gasteiger partial charge in [-0.2, -0.15) is 0 Å². The fourth-order valence-electron chi connectivity index (χ4n) is 4.93. The second-order valence-electron chi connectivity index (χ2n) is 10.8. The quantitative estimate of drug-likeness (QED) is 0.490. The van der Waals surface area contributed by atoms with E-state index in [4.69, 9.17) is 4.74 Å². The Labute approximate surface area is 206 Å². The van der Waals surface area contributed by atoms with E-state index < -0.39 is 24.0 Å². The van der Waals surface area contributed by atoms with Gasteiger partial charge in [0.1, 0.15) is 12.6 Å². The highest BCUT2D eigenvalue weighted by Gasteiger charge is 2.39. The van der Waals surface area contributed by atoms with E-state index in [0.717, 1.165) is 35.1 Å². The summed E-state index contributed by atoms with van der Waals surface area (Å²) in [6.07, 6.45) is 1.52. The van der Waals surface area contributed by atoms with E-state index in [9.17, 15) is 19.5 Å². The van der Waals surface area contributed by atoms with Gasteiger partial charge in [-0.1, -0.05) is 69.3 Å². The van der Waals surface area contributed by atoms with Crippen molar-refractivity contribution in [3.63, 3.8) is 0 Å². The van der Waals surface area contributed by atoms with Gasteiger partial charge in [0.25, 0.3) is 0 Å². The Hall–Kier alpha value is -3.35. The number of aliphatic carboxylic acids is 1. The van der Waals surface area contributed by atoms with E-state index in [1.807, 2.05) is 45.0 Å². The highest BCUT2D eigenvalue weighted by molar-refractivity contribution is 5.86. The Bertz CT molecular complexity index is 1060. The minimum atomic E-state index is -1.01. The van der Waals surface area contributed by atoms with Crippen molar-refractivity contribution in [3.8, 4) is 11.1 Å². The van der Waals surface area contributed by atoms with Crippen LogP contribution in [0.3, 0.4) is 0 Å². The van der Waals surface area contributed by atoms with Gasteiger partial charge in [0.2, 0.25) is 5.91 Å². The van der Waals surface area contributed by atoms with Crippen LogP contribution in [0.4, 0.5) is 4.79 Å². The number of hydrogen-bond acceptors (Lipinski definition) is 4. The predicted octanol–water partition coefficient (Wildman–Crippen LogP) is 4.56. The molecule has 2 atom stereocenters. The van der Waals surface area contributed by atoms with Gasteiger partial charge in [0.05, 0.1) is 5.92 Å². The molecular formula is C28H34N2O5. The van der Waals surface area contributed by atoms with E-state index in [-0.39, 0.29) is 36.3 Å². The molecule has 1 fully saturated rings. The fourth-order valence-corrected chi connectivity index (χ4v) is 4.93. The smallest absolute Gasteiger partial charge is 0.407 e. The van der Waals surface area contributed by atoms with Crippen molar-refractivity contribution in [2.24, 2.45) is 17.3 Å². The van der Waals surface area contributed by atoms with E-state index >= 15 is 0 Å². The molecule has 2 unspecified atom stereocenters. The first kappa shape index (κ1) is 24.8. The lowest BCUT2D eigenvalue weighted by atomic mass is 9.84. The monoisotopic (exact) mass is 478 g/mol. The maximum absolute atomic E-state index is 13.0. The zero-order chi connectivity index (χ0) is 25.2. The molecule has 2 aliphatic carbocycles. The van der Waals surface area contributed by atoms with Crippen molar-refractivity contribution >= 4 is 18.0 Å². The van der Waals surface area contributed by atoms with Crippen LogP contribution >= 0.6 is 0 Å². The zero-order valence-electron chi connectivity index (χ0n) is 20.5. The van der Waals surface area contributed by atoms with Crippen molar-refractivity contribution in [1.82, 2.24) is 10.6 Å². The number of amides is 2. The molecule has 0 saturated heterocycles. The van der Waals surface area contributed by atoms with Crippen molar-refractivity contribution < 1.29 is 24.2 Å². The number of fused-ring (bicyclic) bond motifs is 3. The van der Waals surface area contributed by atoms with E-state index in [2.05, 4.69) is 34.9 Å². The van der Waals surface area contributed by atoms with Crippen LogP contribution < -0.4 is 10.6 Å². The Morgan fingerprint density at radius 2 is 1.57 bits per heavy atom. The van der Waals surface area contributed by atoms with E-state index in [0.29, 0.717) is 6.42 Å². The van der Waals surface area contributed by atoms with Crippen LogP contribution in [-0.2, 0) is 14.3 Å². The molecule has 2 aliphatic rings. The van der Waals surface area contributed by atoms with Gasteiger partial charge in [0, 0.05) is 12.5 Å². The molecule has 0 heterocycles. The van der Waals surface area contributed by atoms with Crippen molar-refractivity contribution in [3.05, 3.63) is 59.7 Å². The molecule has 0 aromatic heterocycles. The number of nitrogens with one attached hydrogen (secondary N) is 2. The summed E-state index contributed by atoms with van der Waals surface area (Å²) in [6.45, 7) is 6.30. The minimum absolute atomic E-state index is 0.0122. The summed E-state index contributed by atoms with van der Waals surface area (Å²) in [5, 5.41) is 14.9. The van der Waals surface area contributed by atoms with Crippen LogP contribution in [-0.4, -0.2) is 42.3 Å². The van der Waals surface area contributed by atoms with Gasteiger partial charge in [-0.25, -0.2) is 9.59 Å². The number of carbonyl (C=O) groups is 3. The first-order chi connectivity index (χ1) is 16.6. The summed E-state index contributed by atoms with van der Waals surface area (Å²) in [4.78, 5) is 37.1. The van der Waals surface area contributed by atoms with Crippen LogP contribution in [0.15, 0.2) is 48.5 Å². The molecule has 186 valence electrons. The van der Waals surface area contributed by atoms with E-state index in [1.165, 1.54) is 0 Å². The lowest BCUT2D eigenvalue weighted by Gasteiger charge is -2.27. The summed E-state index contributed by atoms with van der Waals surface area (Å²) in [5.41, 5.74) is 4.39. The normalized spacial score (nSPS) is 16.5. The second kappa shape index (κ2) is 10.1. The molecular weight excluding hydrogens is 444 g/mol. The van der Waals surface area contributed by atoms with Crippen LogP contribution in [0.5, 0.6) is 0 Å². The van der Waals surface area contributed by atoms with Gasteiger partial charge >= 0.3 is 12.1 Å². The van der Waals surface area contributed by atoms with E-state index in [1.54, 1.807) is 0 Å². The summed E-state index contributed by atoms with van der Waals surface area (Å²) in [5.74, 6) is -1.98. The molecule has 2 amide bonds. The molecule has 0 radical (unpaired) electrons. The highest BCUT2D eigenvalue weighted by atomic mass is 16.5. The van der Waals surface area contributed by atoms with Gasteiger partial charge < -0.3 is 20.5 Å². The lowest BCUT2D eigenvalue weighted by molar-refractivity contribution is -0.143. The van der Waals surface area contributed by atoms with Crippen LogP contribution in [0.1, 0.15) is 57.1 Å². The number of carboxylic acids is 1. The molecule has 4 rings (SSSR count). The summed E-state index contributed by atoms with van der Waals surface area (Å²) >= 11 is 0. The van der Waals surface area contributed by atoms with Crippen LogP contribution in [0, 0.1) is 17.3 Å². The summed E-state index contributed by atoms with van der Waals surface area (Å²) in [6, 6.07) is 15.4. The van der Waals surface area contributed by atoms with Crippen LogP contribution in [0.25, 0.3) is 11.1 Å². The Balaban J connectivity index is 1.36. The summed E-state index contributed by atoms with van der Waals surface area (Å²) < 4.78 is 5.59. The Kier molecular flexibility index (Phi) is 7.15. The first-order valence-corrected chi connectivity index (χ1v) is 12.3. The third-order valence-electron chi connectivity index (χ3n) is 6.72. The third kappa shape index (κ3) is 6.02. The zero-order valence-corrected chi connectivity index (χ0v) is 20.5.